The van der Waals surface area contributed by atoms with Gasteiger partial charge in [0.2, 0.25) is 5.91 Å². The third-order valence-corrected chi connectivity index (χ3v) is 4.07. The van der Waals surface area contributed by atoms with E-state index in [9.17, 15) is 9.18 Å². The van der Waals surface area contributed by atoms with Gasteiger partial charge in [0.25, 0.3) is 0 Å². The molecule has 0 bridgehead atoms. The highest BCUT2D eigenvalue weighted by Gasteiger charge is 2.23. The average Bonchev–Trinajstić information content (AvgIpc) is 2.41. The number of hydrogen-bond donors (Lipinski definition) is 2. The molecule has 6 heteroatoms. The summed E-state index contributed by atoms with van der Waals surface area (Å²) in [6, 6.07) is 5.27. The Balaban J connectivity index is 2.11. The molecule has 4 nitrogen and oxygen atoms in total. The predicted octanol–water partition coefficient (Wildman–Crippen LogP) is 1.63. The minimum absolute atomic E-state index is 0.167. The van der Waals surface area contributed by atoms with E-state index in [2.05, 4.69) is 21.2 Å². The number of primary amides is 1. The molecule has 0 radical (unpaired) electrons. The maximum Gasteiger partial charge on any atom is 0.231 e. The number of benzene rings is 1. The largest absolute Gasteiger partial charge is 0.369 e. The predicted molar refractivity (Wildman–Crippen MR) is 79.6 cm³/mol. The van der Waals surface area contributed by atoms with Crippen LogP contribution in [-0.4, -0.2) is 36.5 Å². The minimum atomic E-state index is -0.374. The molecule has 0 unspecified atom stereocenters. The maximum absolute atomic E-state index is 13.9. The fourth-order valence-electron chi connectivity index (χ4n) is 2.55. The van der Waals surface area contributed by atoms with Crippen LogP contribution in [0.2, 0.25) is 0 Å². The average molecular weight is 344 g/mol. The molecule has 1 aliphatic rings. The lowest BCUT2D eigenvalue weighted by molar-refractivity contribution is -0.120. The van der Waals surface area contributed by atoms with Crippen LogP contribution in [0.5, 0.6) is 0 Å². The van der Waals surface area contributed by atoms with Crippen molar-refractivity contribution in [1.29, 1.82) is 0 Å². The van der Waals surface area contributed by atoms with Gasteiger partial charge in [0.05, 0.1) is 6.54 Å². The van der Waals surface area contributed by atoms with Crippen molar-refractivity contribution < 1.29 is 9.18 Å². The van der Waals surface area contributed by atoms with E-state index in [-0.39, 0.29) is 24.3 Å². The lowest BCUT2D eigenvalue weighted by atomic mass is 10.0. The Labute approximate surface area is 126 Å². The molecule has 0 aliphatic carbocycles. The van der Waals surface area contributed by atoms with Crippen LogP contribution in [0.15, 0.2) is 22.7 Å². The first-order chi connectivity index (χ1) is 9.56. The molecule has 2 rings (SSSR count). The summed E-state index contributed by atoms with van der Waals surface area (Å²) in [7, 11) is 0. The maximum atomic E-state index is 13.9. The summed E-state index contributed by atoms with van der Waals surface area (Å²) in [5.41, 5.74) is 5.91. The van der Waals surface area contributed by atoms with E-state index in [4.69, 9.17) is 5.73 Å². The Morgan fingerprint density at radius 2 is 2.15 bits per heavy atom. The van der Waals surface area contributed by atoms with Gasteiger partial charge in [0.15, 0.2) is 0 Å². The highest BCUT2D eigenvalue weighted by atomic mass is 79.9. The van der Waals surface area contributed by atoms with E-state index in [1.54, 1.807) is 6.07 Å². The number of halogens is 2. The summed E-state index contributed by atoms with van der Waals surface area (Å²) in [6.07, 6.45) is 1.90. The number of amides is 1. The van der Waals surface area contributed by atoms with Gasteiger partial charge in [-0.2, -0.15) is 0 Å². The first-order valence-corrected chi connectivity index (χ1v) is 7.52. The van der Waals surface area contributed by atoms with Crippen molar-refractivity contribution >= 4 is 21.8 Å². The molecule has 0 aromatic heterocycles. The molecule has 20 heavy (non-hydrogen) atoms. The molecule has 0 saturated carbocycles. The van der Waals surface area contributed by atoms with Crippen LogP contribution < -0.4 is 11.1 Å². The number of carbonyl (C=O) groups is 1. The van der Waals surface area contributed by atoms with E-state index in [0.29, 0.717) is 16.6 Å². The molecule has 110 valence electrons. The van der Waals surface area contributed by atoms with Gasteiger partial charge < -0.3 is 11.1 Å². The zero-order chi connectivity index (χ0) is 14.5. The van der Waals surface area contributed by atoms with Gasteiger partial charge in [-0.15, -0.1) is 0 Å². The third kappa shape index (κ3) is 4.26. The molecule has 1 fully saturated rings. The highest BCUT2D eigenvalue weighted by Crippen LogP contribution is 2.20. The number of carbonyl (C=O) groups excluding carboxylic acids is 1. The molecule has 0 spiro atoms. The van der Waals surface area contributed by atoms with Crippen molar-refractivity contribution in [3.05, 3.63) is 34.1 Å². The van der Waals surface area contributed by atoms with Crippen molar-refractivity contribution in [3.63, 3.8) is 0 Å². The van der Waals surface area contributed by atoms with Crippen LogP contribution >= 0.6 is 15.9 Å². The van der Waals surface area contributed by atoms with Gasteiger partial charge >= 0.3 is 0 Å². The Bertz CT molecular complexity index is 477. The molecular weight excluding hydrogens is 325 g/mol. The van der Waals surface area contributed by atoms with Crippen LogP contribution in [0.1, 0.15) is 18.4 Å². The Kier molecular flexibility index (Phi) is 5.51. The van der Waals surface area contributed by atoms with Crippen LogP contribution in [0.4, 0.5) is 4.39 Å². The molecule has 0 atom stereocenters. The van der Waals surface area contributed by atoms with Crippen molar-refractivity contribution in [3.8, 4) is 0 Å². The van der Waals surface area contributed by atoms with Crippen LogP contribution in [0.25, 0.3) is 0 Å². The van der Waals surface area contributed by atoms with Gasteiger partial charge in [-0.3, -0.25) is 9.69 Å². The number of nitrogens with zero attached hydrogens (tertiary/aromatic N) is 1. The molecule has 3 N–H and O–H groups in total. The summed E-state index contributed by atoms with van der Waals surface area (Å²) in [4.78, 5) is 13.2. The van der Waals surface area contributed by atoms with Crippen molar-refractivity contribution in [2.45, 2.75) is 25.4 Å². The molecule has 1 heterocycles. The topological polar surface area (TPSA) is 58.4 Å². The third-order valence-electron chi connectivity index (χ3n) is 3.57. The number of nitrogens with one attached hydrogen (secondary N) is 1. The standard InChI is InChI=1S/C14H19BrFN3O/c15-11-2-1-10(13(16)7-11)8-19(9-14(17)20)12-3-5-18-6-4-12/h1-2,7,12,18H,3-6,8-9H2,(H2,17,20). The van der Waals surface area contributed by atoms with Gasteiger partial charge in [-0.25, -0.2) is 4.39 Å². The summed E-state index contributed by atoms with van der Waals surface area (Å²) in [5, 5.41) is 3.28. The minimum Gasteiger partial charge on any atom is -0.369 e. The van der Waals surface area contributed by atoms with Crippen LogP contribution in [-0.2, 0) is 11.3 Å². The van der Waals surface area contributed by atoms with E-state index >= 15 is 0 Å². The normalized spacial score (nSPS) is 16.6. The van der Waals surface area contributed by atoms with Crippen molar-refractivity contribution in [2.24, 2.45) is 5.73 Å². The van der Waals surface area contributed by atoms with E-state index in [0.717, 1.165) is 25.9 Å². The molecule has 1 saturated heterocycles. The Hall–Kier alpha value is -0.980. The second-order valence-corrected chi connectivity index (χ2v) is 6.00. The lowest BCUT2D eigenvalue weighted by Gasteiger charge is -2.34. The number of hydrogen-bond acceptors (Lipinski definition) is 3. The number of rotatable bonds is 5. The summed E-state index contributed by atoms with van der Waals surface area (Å²) >= 11 is 3.24. The number of nitrogens with two attached hydrogens (primary N) is 1. The van der Waals surface area contributed by atoms with Crippen LogP contribution in [0.3, 0.4) is 0 Å². The van der Waals surface area contributed by atoms with Gasteiger partial charge in [-0.1, -0.05) is 22.0 Å². The zero-order valence-corrected chi connectivity index (χ0v) is 12.8. The SMILES string of the molecule is NC(=O)CN(Cc1ccc(Br)cc1F)C1CCNCC1. The van der Waals surface area contributed by atoms with E-state index in [1.807, 2.05) is 11.0 Å². The quantitative estimate of drug-likeness (QED) is 0.854. The van der Waals surface area contributed by atoms with E-state index < -0.39 is 0 Å². The molecule has 1 amide bonds. The summed E-state index contributed by atoms with van der Waals surface area (Å²) in [6.45, 7) is 2.42. The molecule has 1 aromatic rings. The fourth-order valence-corrected chi connectivity index (χ4v) is 2.89. The Morgan fingerprint density at radius 3 is 2.75 bits per heavy atom. The molecule has 1 aliphatic heterocycles. The second kappa shape index (κ2) is 7.15. The lowest BCUT2D eigenvalue weighted by Crippen LogP contribution is -2.46. The van der Waals surface area contributed by atoms with Crippen molar-refractivity contribution in [1.82, 2.24) is 10.2 Å². The fraction of sp³-hybridized carbons (Fsp3) is 0.500. The zero-order valence-electron chi connectivity index (χ0n) is 11.2. The number of piperidine rings is 1. The summed E-state index contributed by atoms with van der Waals surface area (Å²) in [5.74, 6) is -0.635. The van der Waals surface area contributed by atoms with Gasteiger partial charge in [0, 0.05) is 22.6 Å². The Morgan fingerprint density at radius 1 is 1.45 bits per heavy atom. The summed E-state index contributed by atoms with van der Waals surface area (Å²) < 4.78 is 14.6. The smallest absolute Gasteiger partial charge is 0.231 e. The van der Waals surface area contributed by atoms with Gasteiger partial charge in [-0.05, 0) is 38.1 Å². The van der Waals surface area contributed by atoms with Gasteiger partial charge in [0.1, 0.15) is 5.82 Å². The molecular formula is C14H19BrFN3O. The van der Waals surface area contributed by atoms with Crippen LogP contribution in [0, 0.1) is 5.82 Å². The highest BCUT2D eigenvalue weighted by molar-refractivity contribution is 9.10. The second-order valence-electron chi connectivity index (χ2n) is 5.09. The first-order valence-electron chi connectivity index (χ1n) is 6.73. The monoisotopic (exact) mass is 343 g/mol. The van der Waals surface area contributed by atoms with E-state index in [1.165, 1.54) is 6.07 Å². The molecule has 1 aromatic carbocycles. The first kappa shape index (κ1) is 15.4. The van der Waals surface area contributed by atoms with Crippen molar-refractivity contribution in [2.75, 3.05) is 19.6 Å².